The Bertz CT molecular complexity index is 647. The zero-order valence-corrected chi connectivity index (χ0v) is 13.0. The summed E-state index contributed by atoms with van der Waals surface area (Å²) in [5, 5.41) is 6.05. The average Bonchev–Trinajstić information content (AvgIpc) is 2.54. The molecular formula is C18H20F2N2O. The third kappa shape index (κ3) is 5.70. The molecule has 0 radical (unpaired) electrons. The van der Waals surface area contributed by atoms with Gasteiger partial charge in [-0.15, -0.1) is 0 Å². The van der Waals surface area contributed by atoms with Crippen molar-refractivity contribution in [3.05, 3.63) is 65.7 Å². The molecule has 2 aromatic carbocycles. The van der Waals surface area contributed by atoms with Gasteiger partial charge in [0.2, 0.25) is 5.91 Å². The number of aryl methyl sites for hydroxylation is 1. The Morgan fingerprint density at radius 2 is 1.87 bits per heavy atom. The van der Waals surface area contributed by atoms with E-state index in [9.17, 15) is 13.6 Å². The van der Waals surface area contributed by atoms with Gasteiger partial charge in [-0.25, -0.2) is 8.78 Å². The molecule has 2 rings (SSSR count). The fourth-order valence-corrected chi connectivity index (χ4v) is 2.21. The molecule has 0 unspecified atom stereocenters. The van der Waals surface area contributed by atoms with Crippen LogP contribution in [-0.2, 0) is 11.2 Å². The maximum atomic E-state index is 13.5. The van der Waals surface area contributed by atoms with Gasteiger partial charge in [-0.1, -0.05) is 18.2 Å². The van der Waals surface area contributed by atoms with Crippen LogP contribution in [0.4, 0.5) is 14.5 Å². The standard InChI is InChI=1S/C18H20F2N2O/c1-13(22-16-5-3-2-4-6-16)12-21-18(23)10-7-14-11-15(19)8-9-17(14)20/h2-6,8-9,11,13,22H,7,10,12H2,1H3,(H,21,23)/t13-/m0/s1. The van der Waals surface area contributed by atoms with Gasteiger partial charge in [-0.3, -0.25) is 4.79 Å². The topological polar surface area (TPSA) is 41.1 Å². The molecule has 0 fully saturated rings. The van der Waals surface area contributed by atoms with Gasteiger partial charge in [0.05, 0.1) is 0 Å². The summed E-state index contributed by atoms with van der Waals surface area (Å²) in [6, 6.07) is 13.0. The highest BCUT2D eigenvalue weighted by Gasteiger charge is 2.09. The van der Waals surface area contributed by atoms with E-state index >= 15 is 0 Å². The molecule has 0 aromatic heterocycles. The highest BCUT2D eigenvalue weighted by Crippen LogP contribution is 2.11. The van der Waals surface area contributed by atoms with Crippen LogP contribution in [0.25, 0.3) is 0 Å². The number of amides is 1. The highest BCUT2D eigenvalue weighted by atomic mass is 19.1. The maximum absolute atomic E-state index is 13.5. The maximum Gasteiger partial charge on any atom is 0.220 e. The van der Waals surface area contributed by atoms with Gasteiger partial charge in [0.15, 0.2) is 0 Å². The van der Waals surface area contributed by atoms with Crippen LogP contribution in [0, 0.1) is 11.6 Å². The summed E-state index contributed by atoms with van der Waals surface area (Å²) in [6.07, 6.45) is 0.300. The number of carbonyl (C=O) groups excluding carboxylic acids is 1. The van der Waals surface area contributed by atoms with Gasteiger partial charge in [0, 0.05) is 24.7 Å². The average molecular weight is 318 g/mol. The predicted molar refractivity (Wildman–Crippen MR) is 87.2 cm³/mol. The van der Waals surface area contributed by atoms with E-state index in [4.69, 9.17) is 0 Å². The van der Waals surface area contributed by atoms with Crippen LogP contribution in [0.1, 0.15) is 18.9 Å². The molecule has 0 aliphatic heterocycles. The van der Waals surface area contributed by atoms with Gasteiger partial charge in [-0.2, -0.15) is 0 Å². The lowest BCUT2D eigenvalue weighted by atomic mass is 10.1. The van der Waals surface area contributed by atoms with Gasteiger partial charge >= 0.3 is 0 Å². The number of carbonyl (C=O) groups is 1. The van der Waals surface area contributed by atoms with Crippen molar-refractivity contribution in [2.24, 2.45) is 0 Å². The zero-order chi connectivity index (χ0) is 16.7. The first-order valence-corrected chi connectivity index (χ1v) is 7.57. The first-order valence-electron chi connectivity index (χ1n) is 7.57. The zero-order valence-electron chi connectivity index (χ0n) is 13.0. The molecule has 122 valence electrons. The Kier molecular flexibility index (Phi) is 6.09. The van der Waals surface area contributed by atoms with E-state index in [1.54, 1.807) is 0 Å². The monoisotopic (exact) mass is 318 g/mol. The van der Waals surface area contributed by atoms with Gasteiger partial charge in [0.25, 0.3) is 0 Å². The van der Waals surface area contributed by atoms with E-state index < -0.39 is 11.6 Å². The Morgan fingerprint density at radius 3 is 2.61 bits per heavy atom. The number of rotatable bonds is 7. The van der Waals surface area contributed by atoms with Crippen molar-refractivity contribution in [1.29, 1.82) is 0 Å². The van der Waals surface area contributed by atoms with Crippen LogP contribution in [-0.4, -0.2) is 18.5 Å². The highest BCUT2D eigenvalue weighted by molar-refractivity contribution is 5.76. The molecule has 0 spiro atoms. The molecular weight excluding hydrogens is 298 g/mol. The van der Waals surface area contributed by atoms with Crippen LogP contribution >= 0.6 is 0 Å². The van der Waals surface area contributed by atoms with E-state index in [2.05, 4.69) is 10.6 Å². The number of benzene rings is 2. The molecule has 23 heavy (non-hydrogen) atoms. The summed E-state index contributed by atoms with van der Waals surface area (Å²) in [5.74, 6) is -1.17. The van der Waals surface area contributed by atoms with Crippen molar-refractivity contribution in [2.45, 2.75) is 25.8 Å². The van der Waals surface area contributed by atoms with E-state index in [0.29, 0.717) is 6.54 Å². The molecule has 1 atom stereocenters. The minimum atomic E-state index is -0.498. The predicted octanol–water partition coefficient (Wildman–Crippen LogP) is 3.51. The molecule has 2 aromatic rings. The van der Waals surface area contributed by atoms with E-state index in [1.807, 2.05) is 37.3 Å². The number of anilines is 1. The third-order valence-electron chi connectivity index (χ3n) is 3.42. The smallest absolute Gasteiger partial charge is 0.220 e. The summed E-state index contributed by atoms with van der Waals surface area (Å²) in [4.78, 5) is 11.8. The SMILES string of the molecule is C[C@@H](CNC(=O)CCc1cc(F)ccc1F)Nc1ccccc1. The molecule has 0 saturated carbocycles. The van der Waals surface area contributed by atoms with Crippen molar-refractivity contribution in [3.63, 3.8) is 0 Å². The third-order valence-corrected chi connectivity index (χ3v) is 3.42. The number of hydrogen-bond acceptors (Lipinski definition) is 2. The normalized spacial score (nSPS) is 11.8. The van der Waals surface area contributed by atoms with Crippen molar-refractivity contribution >= 4 is 11.6 Å². The Hall–Kier alpha value is -2.43. The van der Waals surface area contributed by atoms with E-state index in [0.717, 1.165) is 23.9 Å². The summed E-state index contributed by atoms with van der Waals surface area (Å²) in [7, 11) is 0. The molecule has 0 saturated heterocycles. The first kappa shape index (κ1) is 16.9. The quantitative estimate of drug-likeness (QED) is 0.820. The number of para-hydroxylation sites is 1. The lowest BCUT2D eigenvalue weighted by Gasteiger charge is -2.16. The van der Waals surface area contributed by atoms with Gasteiger partial charge in [-0.05, 0) is 49.2 Å². The molecule has 0 bridgehead atoms. The van der Waals surface area contributed by atoms with Crippen molar-refractivity contribution in [3.8, 4) is 0 Å². The second-order valence-corrected chi connectivity index (χ2v) is 5.45. The van der Waals surface area contributed by atoms with E-state index in [-0.39, 0.29) is 30.4 Å². The second kappa shape index (κ2) is 8.27. The summed E-state index contributed by atoms with van der Waals surface area (Å²) < 4.78 is 26.5. The van der Waals surface area contributed by atoms with Gasteiger partial charge in [0.1, 0.15) is 11.6 Å². The minimum absolute atomic E-state index is 0.0623. The number of hydrogen-bond donors (Lipinski definition) is 2. The Morgan fingerprint density at radius 1 is 1.13 bits per heavy atom. The fraction of sp³-hybridized carbons (Fsp3) is 0.278. The molecule has 0 aliphatic rings. The molecule has 0 aliphatic carbocycles. The molecule has 5 heteroatoms. The number of halogens is 2. The largest absolute Gasteiger partial charge is 0.381 e. The summed E-state index contributed by atoms with van der Waals surface area (Å²) >= 11 is 0. The molecule has 2 N–H and O–H groups in total. The van der Waals surface area contributed by atoms with Crippen molar-refractivity contribution in [1.82, 2.24) is 5.32 Å². The van der Waals surface area contributed by atoms with Crippen LogP contribution in [0.5, 0.6) is 0 Å². The molecule has 3 nitrogen and oxygen atoms in total. The molecule has 0 heterocycles. The Labute approximate surface area is 134 Å². The van der Waals surface area contributed by atoms with Gasteiger partial charge < -0.3 is 10.6 Å². The number of nitrogens with one attached hydrogen (secondary N) is 2. The van der Waals surface area contributed by atoms with Crippen LogP contribution in [0.3, 0.4) is 0 Å². The van der Waals surface area contributed by atoms with Crippen molar-refractivity contribution in [2.75, 3.05) is 11.9 Å². The lowest BCUT2D eigenvalue weighted by Crippen LogP contribution is -2.34. The fourth-order valence-electron chi connectivity index (χ4n) is 2.21. The lowest BCUT2D eigenvalue weighted by molar-refractivity contribution is -0.121. The minimum Gasteiger partial charge on any atom is -0.381 e. The molecule has 1 amide bonds. The second-order valence-electron chi connectivity index (χ2n) is 5.45. The van der Waals surface area contributed by atoms with E-state index in [1.165, 1.54) is 0 Å². The van der Waals surface area contributed by atoms with Crippen molar-refractivity contribution < 1.29 is 13.6 Å². The van der Waals surface area contributed by atoms with Crippen LogP contribution in [0.15, 0.2) is 48.5 Å². The first-order chi connectivity index (χ1) is 11.0. The summed E-state index contributed by atoms with van der Waals surface area (Å²) in [5.41, 5.74) is 1.20. The van der Waals surface area contributed by atoms with Crippen LogP contribution in [0.2, 0.25) is 0 Å². The summed E-state index contributed by atoms with van der Waals surface area (Å²) in [6.45, 7) is 2.42. The van der Waals surface area contributed by atoms with Crippen LogP contribution < -0.4 is 10.6 Å². The Balaban J connectivity index is 1.73.